The summed E-state index contributed by atoms with van der Waals surface area (Å²) >= 11 is 0. The fourth-order valence-corrected chi connectivity index (χ4v) is 3.49. The van der Waals surface area contributed by atoms with E-state index in [1.807, 2.05) is 30.7 Å². The standard InChI is InChI=1S/C16H26B2N6O7/c1-16(2,3)8(6-7-24-14(26)22-13(25)23-15(24)27)4-5-9-10(17(28)29)20-12(19)21-11(9)18(30)31/h8,28-31H,4-7H2,1-3H3,(H2,19,20,21)(H2,22,23,25,26,27). The molecule has 2 aromatic heterocycles. The highest BCUT2D eigenvalue weighted by molar-refractivity contribution is 6.62. The molecule has 0 saturated carbocycles. The van der Waals surface area contributed by atoms with Crippen LogP contribution in [0.5, 0.6) is 0 Å². The molecule has 0 spiro atoms. The molecule has 0 amide bonds. The topological polar surface area (TPSA) is 220 Å². The minimum Gasteiger partial charge on any atom is -0.422 e. The smallest absolute Gasteiger partial charge is 0.422 e. The van der Waals surface area contributed by atoms with Crippen LogP contribution in [0.15, 0.2) is 14.4 Å². The Morgan fingerprint density at radius 3 is 1.87 bits per heavy atom. The molecule has 2 rings (SSSR count). The van der Waals surface area contributed by atoms with Crippen molar-refractivity contribution in [2.45, 2.75) is 46.6 Å². The van der Waals surface area contributed by atoms with Gasteiger partial charge in [0, 0.05) is 6.54 Å². The van der Waals surface area contributed by atoms with Crippen molar-refractivity contribution in [3.63, 3.8) is 0 Å². The maximum atomic E-state index is 11.9. The SMILES string of the molecule is CC(C)(C)C(CCc1c(B(O)O)nc(N)nc1B(O)O)CCn1c(=O)[nH]c(=O)[nH]c1=O. The van der Waals surface area contributed by atoms with Gasteiger partial charge in [-0.3, -0.25) is 9.97 Å². The summed E-state index contributed by atoms with van der Waals surface area (Å²) in [5.41, 5.74) is 2.42. The number of hydrogen-bond acceptors (Lipinski definition) is 10. The molecule has 1 atom stereocenters. The van der Waals surface area contributed by atoms with E-state index in [0.717, 1.165) is 4.57 Å². The fraction of sp³-hybridized carbons (Fsp3) is 0.562. The fourth-order valence-electron chi connectivity index (χ4n) is 3.49. The first-order valence-corrected chi connectivity index (χ1v) is 9.63. The summed E-state index contributed by atoms with van der Waals surface area (Å²) in [5.74, 6) is -0.436. The van der Waals surface area contributed by atoms with E-state index in [1.165, 1.54) is 0 Å². The van der Waals surface area contributed by atoms with Gasteiger partial charge in [-0.15, -0.1) is 0 Å². The van der Waals surface area contributed by atoms with Crippen molar-refractivity contribution >= 4 is 31.4 Å². The van der Waals surface area contributed by atoms with Gasteiger partial charge in [0.15, 0.2) is 0 Å². The Kier molecular flexibility index (Phi) is 7.59. The molecule has 31 heavy (non-hydrogen) atoms. The molecule has 0 aromatic carbocycles. The van der Waals surface area contributed by atoms with E-state index in [-0.39, 0.29) is 47.0 Å². The van der Waals surface area contributed by atoms with Crippen LogP contribution in [0.4, 0.5) is 5.95 Å². The largest absolute Gasteiger partial charge is 0.508 e. The van der Waals surface area contributed by atoms with Gasteiger partial charge >= 0.3 is 31.3 Å². The number of aromatic nitrogens is 5. The average Bonchev–Trinajstić information content (AvgIpc) is 2.62. The molecular formula is C16H26B2N6O7. The van der Waals surface area contributed by atoms with Gasteiger partial charge in [0.1, 0.15) is 0 Å². The molecule has 0 aliphatic heterocycles. The lowest BCUT2D eigenvalue weighted by atomic mass is 9.70. The van der Waals surface area contributed by atoms with Gasteiger partial charge in [0.25, 0.3) is 0 Å². The van der Waals surface area contributed by atoms with Crippen LogP contribution in [0.3, 0.4) is 0 Å². The van der Waals surface area contributed by atoms with Gasteiger partial charge in [0.2, 0.25) is 5.95 Å². The maximum Gasteiger partial charge on any atom is 0.508 e. The predicted molar refractivity (Wildman–Crippen MR) is 114 cm³/mol. The lowest BCUT2D eigenvalue weighted by molar-refractivity contribution is 0.202. The molecule has 0 aliphatic rings. The van der Waals surface area contributed by atoms with Gasteiger partial charge in [-0.05, 0) is 36.2 Å². The van der Waals surface area contributed by atoms with Crippen LogP contribution < -0.4 is 34.0 Å². The summed E-state index contributed by atoms with van der Waals surface area (Å²) in [4.78, 5) is 46.6. The second-order valence-corrected chi connectivity index (χ2v) is 8.31. The summed E-state index contributed by atoms with van der Waals surface area (Å²) in [5, 5.41) is 38.5. The first kappa shape index (κ1) is 24.5. The number of nitrogens with two attached hydrogens (primary N) is 1. The minimum atomic E-state index is -2.00. The minimum absolute atomic E-state index is 0.0378. The Morgan fingerprint density at radius 1 is 0.968 bits per heavy atom. The molecule has 0 saturated heterocycles. The van der Waals surface area contributed by atoms with E-state index >= 15 is 0 Å². The summed E-state index contributed by atoms with van der Waals surface area (Å²) < 4.78 is 0.887. The van der Waals surface area contributed by atoms with E-state index in [0.29, 0.717) is 12.8 Å². The van der Waals surface area contributed by atoms with Crippen molar-refractivity contribution in [3.05, 3.63) is 37.0 Å². The Labute approximate surface area is 177 Å². The molecule has 0 fully saturated rings. The monoisotopic (exact) mass is 436 g/mol. The van der Waals surface area contributed by atoms with Crippen molar-refractivity contribution in [1.82, 2.24) is 24.5 Å². The molecule has 0 radical (unpaired) electrons. The van der Waals surface area contributed by atoms with E-state index < -0.39 is 31.3 Å². The van der Waals surface area contributed by atoms with Crippen LogP contribution in [-0.4, -0.2) is 58.8 Å². The van der Waals surface area contributed by atoms with Gasteiger partial charge in [-0.2, -0.15) is 0 Å². The predicted octanol–water partition coefficient (Wildman–Crippen LogP) is -4.36. The molecule has 0 bridgehead atoms. The summed E-state index contributed by atoms with van der Waals surface area (Å²) in [6.45, 7) is 5.91. The van der Waals surface area contributed by atoms with E-state index in [4.69, 9.17) is 5.73 Å². The lowest BCUT2D eigenvalue weighted by Crippen LogP contribution is -2.47. The van der Waals surface area contributed by atoms with Crippen LogP contribution in [0, 0.1) is 11.3 Å². The number of anilines is 1. The van der Waals surface area contributed by atoms with Crippen molar-refractivity contribution < 1.29 is 20.1 Å². The van der Waals surface area contributed by atoms with Gasteiger partial charge in [-0.25, -0.2) is 28.9 Å². The highest BCUT2D eigenvalue weighted by Gasteiger charge is 2.30. The number of nitrogen functional groups attached to an aromatic ring is 1. The molecule has 13 nitrogen and oxygen atoms in total. The lowest BCUT2D eigenvalue weighted by Gasteiger charge is -2.31. The number of rotatable bonds is 8. The highest BCUT2D eigenvalue weighted by Crippen LogP contribution is 2.32. The third-order valence-corrected chi connectivity index (χ3v) is 5.18. The summed E-state index contributed by atoms with van der Waals surface area (Å²) in [6.07, 6.45) is 0.938. The molecule has 8 N–H and O–H groups in total. The quantitative estimate of drug-likeness (QED) is 0.197. The third-order valence-electron chi connectivity index (χ3n) is 5.18. The molecule has 0 aliphatic carbocycles. The first-order chi connectivity index (χ1) is 14.3. The number of hydrogen-bond donors (Lipinski definition) is 7. The maximum absolute atomic E-state index is 11.9. The van der Waals surface area contributed by atoms with Crippen molar-refractivity contribution in [2.75, 3.05) is 5.73 Å². The first-order valence-electron chi connectivity index (χ1n) is 9.63. The van der Waals surface area contributed by atoms with Crippen molar-refractivity contribution in [2.24, 2.45) is 11.3 Å². The van der Waals surface area contributed by atoms with E-state index in [2.05, 4.69) is 9.97 Å². The van der Waals surface area contributed by atoms with Crippen LogP contribution in [0.25, 0.3) is 0 Å². The van der Waals surface area contributed by atoms with Crippen molar-refractivity contribution in [3.8, 4) is 0 Å². The second-order valence-electron chi connectivity index (χ2n) is 8.31. The van der Waals surface area contributed by atoms with Crippen molar-refractivity contribution in [1.29, 1.82) is 0 Å². The normalized spacial score (nSPS) is 12.6. The Hall–Kier alpha value is -2.74. The summed E-state index contributed by atoms with van der Waals surface area (Å²) in [6, 6.07) is 0. The second kappa shape index (κ2) is 9.60. The molecule has 15 heteroatoms. The van der Waals surface area contributed by atoms with Crippen LogP contribution in [-0.2, 0) is 13.0 Å². The zero-order valence-electron chi connectivity index (χ0n) is 17.5. The molecular weight excluding hydrogens is 410 g/mol. The zero-order valence-corrected chi connectivity index (χ0v) is 17.5. The van der Waals surface area contributed by atoms with Gasteiger partial charge in [0.05, 0.1) is 11.2 Å². The average molecular weight is 436 g/mol. The molecule has 2 heterocycles. The van der Waals surface area contributed by atoms with Gasteiger partial charge < -0.3 is 25.8 Å². The van der Waals surface area contributed by atoms with Crippen LogP contribution >= 0.6 is 0 Å². The molecule has 1 unspecified atom stereocenters. The number of nitrogens with one attached hydrogen (secondary N) is 2. The third kappa shape index (κ3) is 6.13. The zero-order chi connectivity index (χ0) is 23.5. The molecule has 2 aromatic rings. The Balaban J connectivity index is 2.31. The highest BCUT2D eigenvalue weighted by atomic mass is 16.4. The van der Waals surface area contributed by atoms with Gasteiger partial charge in [-0.1, -0.05) is 20.8 Å². The van der Waals surface area contributed by atoms with Crippen LogP contribution in [0.1, 0.15) is 39.2 Å². The number of aromatic amines is 2. The Morgan fingerprint density at radius 2 is 1.45 bits per heavy atom. The Bertz CT molecular complexity index is 1030. The van der Waals surface area contributed by atoms with E-state index in [1.54, 1.807) is 0 Å². The van der Waals surface area contributed by atoms with Crippen LogP contribution in [0.2, 0.25) is 0 Å². The number of H-pyrrole nitrogens is 2. The number of nitrogens with zero attached hydrogens (tertiary/aromatic N) is 3. The summed E-state index contributed by atoms with van der Waals surface area (Å²) in [7, 11) is -3.99. The van der Waals surface area contributed by atoms with E-state index in [9.17, 15) is 34.5 Å². The molecule has 168 valence electrons.